The fraction of sp³-hybridized carbons (Fsp3) is 0.208. The summed E-state index contributed by atoms with van der Waals surface area (Å²) in [4.78, 5) is 24.4. The number of fused-ring (bicyclic) bond motifs is 1. The second-order valence-corrected chi connectivity index (χ2v) is 8.18. The summed E-state index contributed by atoms with van der Waals surface area (Å²) >= 11 is 12.7. The average Bonchev–Trinajstić information content (AvgIpc) is 3.19. The number of anilines is 2. The topological polar surface area (TPSA) is 111 Å². The molecule has 8 nitrogen and oxygen atoms in total. The lowest BCUT2D eigenvalue weighted by atomic mass is 9.99. The monoisotopic (exact) mass is 501 g/mol. The van der Waals surface area contributed by atoms with Gasteiger partial charge in [-0.2, -0.15) is 5.10 Å². The number of hydrogen-bond acceptors (Lipinski definition) is 5. The van der Waals surface area contributed by atoms with Crippen molar-refractivity contribution in [2.45, 2.75) is 19.9 Å². The number of nitrogens with zero attached hydrogens (tertiary/aromatic N) is 2. The maximum Gasteiger partial charge on any atom is 0.254 e. The van der Waals surface area contributed by atoms with Crippen molar-refractivity contribution in [2.24, 2.45) is 5.73 Å². The van der Waals surface area contributed by atoms with E-state index in [0.717, 1.165) is 5.56 Å². The van der Waals surface area contributed by atoms with Crippen LogP contribution < -0.4 is 21.1 Å². The van der Waals surface area contributed by atoms with Gasteiger partial charge >= 0.3 is 0 Å². The molecule has 0 aliphatic carbocycles. The van der Waals surface area contributed by atoms with E-state index < -0.39 is 5.91 Å². The van der Waals surface area contributed by atoms with Crippen molar-refractivity contribution in [3.05, 3.63) is 70.2 Å². The molecule has 0 saturated carbocycles. The van der Waals surface area contributed by atoms with Crippen molar-refractivity contribution in [3.63, 3.8) is 0 Å². The molecule has 10 heteroatoms. The molecule has 34 heavy (non-hydrogen) atoms. The minimum atomic E-state index is -0.643. The second-order valence-electron chi connectivity index (χ2n) is 7.37. The third-order valence-electron chi connectivity index (χ3n) is 5.40. The van der Waals surface area contributed by atoms with Crippen LogP contribution in [-0.4, -0.2) is 35.2 Å². The molecule has 1 aromatic heterocycles. The molecule has 0 bridgehead atoms. The van der Waals surface area contributed by atoms with E-state index in [1.165, 1.54) is 13.2 Å². The normalized spacial score (nSPS) is 14.3. The number of hydrogen-bond donors (Lipinski definition) is 3. The van der Waals surface area contributed by atoms with Gasteiger partial charge in [-0.15, -0.1) is 0 Å². The van der Waals surface area contributed by atoms with E-state index in [9.17, 15) is 9.59 Å². The molecule has 1 unspecified atom stereocenters. The summed E-state index contributed by atoms with van der Waals surface area (Å²) in [5.74, 6) is -0.148. The lowest BCUT2D eigenvalue weighted by molar-refractivity contribution is -0.111. The Kier molecular flexibility index (Phi) is 7.54. The largest absolute Gasteiger partial charge is 0.494 e. The number of carbonyl (C=O) groups is 2. The Morgan fingerprint density at radius 1 is 1.29 bits per heavy atom. The molecule has 1 atom stereocenters. The number of amides is 2. The molecule has 2 heterocycles. The standard InChI is InChI=1S/C23H21Cl2N5O3.CH4/c1-3-18(31)28-16-7-5-4-6-13(16)17-8-9-27-23-19(22(26)32)20(29-30(17)23)12-10-14(24)21(33-2)15(25)11-12;/h3-7,10-11,17,27H,1,8-9H2,2H3,(H2,26,32)(H,28,31);1H4. The molecule has 0 spiro atoms. The number of carbonyl (C=O) groups excluding carboxylic acids is 2. The second kappa shape index (κ2) is 10.2. The third kappa shape index (κ3) is 4.47. The van der Waals surface area contributed by atoms with Crippen LogP contribution >= 0.6 is 23.2 Å². The zero-order chi connectivity index (χ0) is 23.7. The average molecular weight is 502 g/mol. The van der Waals surface area contributed by atoms with Crippen molar-refractivity contribution in [3.8, 4) is 17.0 Å². The van der Waals surface area contributed by atoms with Gasteiger partial charge in [0, 0.05) is 23.4 Å². The molecule has 1 aliphatic rings. The van der Waals surface area contributed by atoms with Gasteiger partial charge in [0.1, 0.15) is 17.1 Å². The zero-order valence-corrected chi connectivity index (χ0v) is 19.2. The predicted octanol–water partition coefficient (Wildman–Crippen LogP) is 5.13. The highest BCUT2D eigenvalue weighted by Gasteiger charge is 2.32. The Morgan fingerprint density at radius 2 is 1.97 bits per heavy atom. The first-order chi connectivity index (χ1) is 15.8. The van der Waals surface area contributed by atoms with Gasteiger partial charge in [0.15, 0.2) is 5.75 Å². The highest BCUT2D eigenvalue weighted by Crippen LogP contribution is 2.42. The van der Waals surface area contributed by atoms with E-state index in [1.807, 2.05) is 18.2 Å². The summed E-state index contributed by atoms with van der Waals surface area (Å²) in [5, 5.41) is 11.4. The Hall–Kier alpha value is -3.49. The minimum Gasteiger partial charge on any atom is -0.494 e. The first kappa shape index (κ1) is 25.1. The molecular weight excluding hydrogens is 477 g/mol. The van der Waals surface area contributed by atoms with E-state index in [0.29, 0.717) is 41.5 Å². The van der Waals surface area contributed by atoms with Crippen molar-refractivity contribution in [1.29, 1.82) is 0 Å². The smallest absolute Gasteiger partial charge is 0.254 e. The van der Waals surface area contributed by atoms with E-state index in [1.54, 1.807) is 22.9 Å². The number of nitrogens with two attached hydrogens (primary N) is 1. The highest BCUT2D eigenvalue weighted by atomic mass is 35.5. The molecule has 4 N–H and O–H groups in total. The first-order valence-electron chi connectivity index (χ1n) is 10.1. The van der Waals surface area contributed by atoms with Gasteiger partial charge in [-0.05, 0) is 30.7 Å². The van der Waals surface area contributed by atoms with Crippen LogP contribution in [0.25, 0.3) is 11.3 Å². The number of methoxy groups -OCH3 is 1. The van der Waals surface area contributed by atoms with E-state index in [-0.39, 0.29) is 35.0 Å². The molecule has 0 fully saturated rings. The number of para-hydroxylation sites is 1. The van der Waals surface area contributed by atoms with Crippen molar-refractivity contribution in [1.82, 2.24) is 9.78 Å². The molecule has 2 aromatic carbocycles. The van der Waals surface area contributed by atoms with Crippen LogP contribution in [0.15, 0.2) is 49.1 Å². The van der Waals surface area contributed by atoms with Gasteiger partial charge in [0.05, 0.1) is 23.2 Å². The number of halogens is 2. The van der Waals surface area contributed by atoms with Gasteiger partial charge < -0.3 is 21.1 Å². The fourth-order valence-corrected chi connectivity index (χ4v) is 4.62. The number of benzene rings is 2. The van der Waals surface area contributed by atoms with Gasteiger partial charge in [-0.3, -0.25) is 9.59 Å². The van der Waals surface area contributed by atoms with E-state index in [2.05, 4.69) is 17.2 Å². The molecule has 2 amide bonds. The summed E-state index contributed by atoms with van der Waals surface area (Å²) < 4.78 is 6.93. The quantitative estimate of drug-likeness (QED) is 0.405. The van der Waals surface area contributed by atoms with Gasteiger partial charge in [0.2, 0.25) is 5.91 Å². The summed E-state index contributed by atoms with van der Waals surface area (Å²) in [6.45, 7) is 4.08. The number of ether oxygens (including phenoxy) is 1. The maximum atomic E-state index is 12.5. The lowest BCUT2D eigenvalue weighted by Crippen LogP contribution is -2.27. The molecule has 0 saturated heterocycles. The Bertz CT molecular complexity index is 1250. The van der Waals surface area contributed by atoms with Crippen LogP contribution in [0.5, 0.6) is 5.75 Å². The fourth-order valence-electron chi connectivity index (χ4n) is 3.98. The summed E-state index contributed by atoms with van der Waals surface area (Å²) in [5.41, 5.74) is 8.32. The Labute approximate surface area is 207 Å². The van der Waals surface area contributed by atoms with Gasteiger partial charge in [-0.25, -0.2) is 4.68 Å². The van der Waals surface area contributed by atoms with Gasteiger partial charge in [-0.1, -0.05) is 55.4 Å². The van der Waals surface area contributed by atoms with E-state index in [4.69, 9.17) is 38.8 Å². The van der Waals surface area contributed by atoms with Crippen LogP contribution in [0.4, 0.5) is 11.5 Å². The summed E-state index contributed by atoms with van der Waals surface area (Å²) in [6.07, 6.45) is 1.87. The van der Waals surface area contributed by atoms with E-state index >= 15 is 0 Å². The third-order valence-corrected chi connectivity index (χ3v) is 5.96. The molecule has 4 rings (SSSR count). The van der Waals surface area contributed by atoms with Crippen LogP contribution in [0.3, 0.4) is 0 Å². The minimum absolute atomic E-state index is 0. The summed E-state index contributed by atoms with van der Waals surface area (Å²) in [7, 11) is 1.47. The molecule has 3 aromatic rings. The number of rotatable bonds is 6. The summed E-state index contributed by atoms with van der Waals surface area (Å²) in [6, 6.07) is 10.4. The van der Waals surface area contributed by atoms with Crippen molar-refractivity contribution >= 4 is 46.5 Å². The molecular formula is C24H25Cl2N5O3. The SMILES string of the molecule is C.C=CC(=O)Nc1ccccc1C1CCNc2c(C(N)=O)c(-c3cc(Cl)c(OC)c(Cl)c3)nn21. The van der Waals surface area contributed by atoms with Crippen molar-refractivity contribution < 1.29 is 14.3 Å². The van der Waals surface area contributed by atoms with Crippen LogP contribution in [0.2, 0.25) is 10.0 Å². The molecule has 178 valence electrons. The first-order valence-corrected chi connectivity index (χ1v) is 10.8. The number of aromatic nitrogens is 2. The highest BCUT2D eigenvalue weighted by molar-refractivity contribution is 6.37. The Balaban J connectivity index is 0.00000324. The van der Waals surface area contributed by atoms with Gasteiger partial charge in [0.25, 0.3) is 5.91 Å². The molecule has 1 aliphatic heterocycles. The Morgan fingerprint density at radius 3 is 2.59 bits per heavy atom. The van der Waals surface area contributed by atoms with Crippen LogP contribution in [0, 0.1) is 0 Å². The predicted molar refractivity (Wildman–Crippen MR) is 136 cm³/mol. The van der Waals surface area contributed by atoms with Crippen molar-refractivity contribution in [2.75, 3.05) is 24.3 Å². The number of nitrogens with one attached hydrogen (secondary N) is 2. The molecule has 0 radical (unpaired) electrons. The van der Waals surface area contributed by atoms with Crippen LogP contribution in [-0.2, 0) is 4.79 Å². The number of primary amides is 1. The zero-order valence-electron chi connectivity index (χ0n) is 17.7. The van der Waals surface area contributed by atoms with Crippen LogP contribution in [0.1, 0.15) is 35.8 Å². The maximum absolute atomic E-state index is 12.5. The lowest BCUT2D eigenvalue weighted by Gasteiger charge is -2.28.